The summed E-state index contributed by atoms with van der Waals surface area (Å²) in [6, 6.07) is 17.8. The highest BCUT2D eigenvalue weighted by Gasteiger charge is 2.32. The highest BCUT2D eigenvalue weighted by Crippen LogP contribution is 2.35. The number of nitrogens with one attached hydrogen (secondary N) is 1. The molecule has 0 bridgehead atoms. The molecule has 1 N–H and O–H groups in total. The molecule has 1 fully saturated rings. The highest BCUT2D eigenvalue weighted by molar-refractivity contribution is 6.69. The van der Waals surface area contributed by atoms with Crippen LogP contribution in [-0.2, 0) is 0 Å². The maximum absolute atomic E-state index is 3.58. The molecular formula is C18H19BN. The van der Waals surface area contributed by atoms with Gasteiger partial charge in [-0.05, 0) is 43.0 Å². The van der Waals surface area contributed by atoms with Crippen LogP contribution in [0.25, 0.3) is 0 Å². The lowest BCUT2D eigenvalue weighted by atomic mass is 9.52. The lowest BCUT2D eigenvalue weighted by molar-refractivity contribution is 0.347. The first-order valence-corrected chi connectivity index (χ1v) is 7.67. The Morgan fingerprint density at radius 1 is 0.900 bits per heavy atom. The molecule has 4 rings (SSSR count). The van der Waals surface area contributed by atoms with Crippen LogP contribution in [0, 0.1) is 5.92 Å². The van der Waals surface area contributed by atoms with E-state index in [0.29, 0.717) is 5.92 Å². The summed E-state index contributed by atoms with van der Waals surface area (Å²) in [4.78, 5) is 0. The number of fused-ring (bicyclic) bond motifs is 2. The van der Waals surface area contributed by atoms with Crippen molar-refractivity contribution in [3.05, 3.63) is 59.7 Å². The molecule has 0 saturated carbocycles. The Hall–Kier alpha value is -1.54. The largest absolute Gasteiger partial charge is 0.316 e. The molecule has 2 heteroatoms. The normalized spacial score (nSPS) is 21.7. The van der Waals surface area contributed by atoms with Gasteiger partial charge in [-0.3, -0.25) is 0 Å². The standard InChI is InChI=1S/C18H19BN/c1-3-9-16-14(7-1)18(13-6-5-11-20-12-13)15-8-2-4-10-17(15)19-16/h1-4,7-10,13,18,20H,5-6,11-12H2. The molecule has 0 aromatic heterocycles. The monoisotopic (exact) mass is 260 g/mol. The van der Waals surface area contributed by atoms with Gasteiger partial charge in [0, 0.05) is 5.92 Å². The van der Waals surface area contributed by atoms with Gasteiger partial charge in [-0.1, -0.05) is 59.5 Å². The first kappa shape index (κ1) is 12.2. The Morgan fingerprint density at radius 2 is 1.55 bits per heavy atom. The third-order valence-electron chi connectivity index (χ3n) is 4.78. The van der Waals surface area contributed by atoms with Gasteiger partial charge in [0.05, 0.1) is 0 Å². The highest BCUT2D eigenvalue weighted by atomic mass is 14.9. The molecule has 1 unspecified atom stereocenters. The summed E-state index contributed by atoms with van der Waals surface area (Å²) in [5.41, 5.74) is 5.84. The van der Waals surface area contributed by atoms with E-state index in [1.165, 1.54) is 41.4 Å². The Kier molecular flexibility index (Phi) is 3.12. The van der Waals surface area contributed by atoms with Crippen molar-refractivity contribution < 1.29 is 0 Å². The van der Waals surface area contributed by atoms with Crippen LogP contribution in [0.5, 0.6) is 0 Å². The van der Waals surface area contributed by atoms with Gasteiger partial charge >= 0.3 is 0 Å². The zero-order chi connectivity index (χ0) is 13.4. The summed E-state index contributed by atoms with van der Waals surface area (Å²) in [6.07, 6.45) is 2.63. The topological polar surface area (TPSA) is 12.0 Å². The summed E-state index contributed by atoms with van der Waals surface area (Å²) >= 11 is 0. The van der Waals surface area contributed by atoms with Crippen LogP contribution in [-0.4, -0.2) is 20.4 Å². The van der Waals surface area contributed by atoms with Crippen molar-refractivity contribution in [3.8, 4) is 0 Å². The van der Waals surface area contributed by atoms with E-state index >= 15 is 0 Å². The number of hydrogen-bond donors (Lipinski definition) is 1. The zero-order valence-corrected chi connectivity index (χ0v) is 11.7. The fourth-order valence-electron chi connectivity index (χ4n) is 3.86. The van der Waals surface area contributed by atoms with E-state index in [0.717, 1.165) is 12.5 Å². The Balaban J connectivity index is 1.83. The lowest BCUT2D eigenvalue weighted by Gasteiger charge is -2.36. The zero-order valence-electron chi connectivity index (χ0n) is 11.7. The Labute approximate surface area is 121 Å². The fraction of sp³-hybridized carbons (Fsp3) is 0.333. The van der Waals surface area contributed by atoms with Gasteiger partial charge in [0.2, 0.25) is 0 Å². The van der Waals surface area contributed by atoms with Crippen LogP contribution in [0.1, 0.15) is 29.9 Å². The lowest BCUT2D eigenvalue weighted by Crippen LogP contribution is -2.44. The second-order valence-electron chi connectivity index (χ2n) is 5.99. The smallest absolute Gasteiger partial charge is 0.192 e. The van der Waals surface area contributed by atoms with E-state index < -0.39 is 0 Å². The number of hydrogen-bond acceptors (Lipinski definition) is 1. The van der Waals surface area contributed by atoms with E-state index in [1.54, 1.807) is 0 Å². The van der Waals surface area contributed by atoms with Gasteiger partial charge in [-0.15, -0.1) is 0 Å². The van der Waals surface area contributed by atoms with Crippen molar-refractivity contribution in [2.45, 2.75) is 18.8 Å². The van der Waals surface area contributed by atoms with Crippen LogP contribution in [0.4, 0.5) is 0 Å². The minimum absolute atomic E-state index is 0.556. The van der Waals surface area contributed by atoms with Gasteiger partial charge in [-0.2, -0.15) is 0 Å². The van der Waals surface area contributed by atoms with Gasteiger partial charge < -0.3 is 5.32 Å². The molecule has 1 radical (unpaired) electrons. The average molecular weight is 260 g/mol. The summed E-state index contributed by atoms with van der Waals surface area (Å²) in [6.45, 7) is 2.33. The van der Waals surface area contributed by atoms with Crippen LogP contribution >= 0.6 is 0 Å². The SMILES string of the molecule is [B]1c2ccccc2C(C2CCCNC2)c2ccccc21. The van der Waals surface area contributed by atoms with E-state index in [4.69, 9.17) is 0 Å². The van der Waals surface area contributed by atoms with E-state index in [2.05, 4.69) is 61.1 Å². The van der Waals surface area contributed by atoms with Crippen molar-refractivity contribution in [1.29, 1.82) is 0 Å². The third kappa shape index (κ3) is 1.99. The van der Waals surface area contributed by atoms with E-state index in [-0.39, 0.29) is 0 Å². The predicted octanol–water partition coefficient (Wildman–Crippen LogP) is 1.79. The molecular weight excluding hydrogens is 241 g/mol. The van der Waals surface area contributed by atoms with Gasteiger partial charge in [0.1, 0.15) is 0 Å². The predicted molar refractivity (Wildman–Crippen MR) is 85.3 cm³/mol. The van der Waals surface area contributed by atoms with Crippen molar-refractivity contribution in [2.75, 3.05) is 13.1 Å². The van der Waals surface area contributed by atoms with Gasteiger partial charge in [-0.25, -0.2) is 0 Å². The van der Waals surface area contributed by atoms with Crippen LogP contribution in [0.15, 0.2) is 48.5 Å². The number of rotatable bonds is 1. The molecule has 1 saturated heterocycles. The summed E-state index contributed by atoms with van der Waals surface area (Å²) in [7, 11) is 2.34. The Bertz CT molecular complexity index is 571. The molecule has 20 heavy (non-hydrogen) atoms. The van der Waals surface area contributed by atoms with Crippen molar-refractivity contribution >= 4 is 18.2 Å². The second-order valence-corrected chi connectivity index (χ2v) is 5.99. The van der Waals surface area contributed by atoms with E-state index in [1.807, 2.05) is 0 Å². The van der Waals surface area contributed by atoms with Crippen LogP contribution < -0.4 is 16.2 Å². The first-order chi connectivity index (χ1) is 9.93. The minimum Gasteiger partial charge on any atom is -0.316 e. The molecule has 2 aliphatic rings. The summed E-state index contributed by atoms with van der Waals surface area (Å²) < 4.78 is 0. The first-order valence-electron chi connectivity index (χ1n) is 7.67. The molecule has 1 nitrogen and oxygen atoms in total. The van der Waals surface area contributed by atoms with Crippen LogP contribution in [0.3, 0.4) is 0 Å². The molecule has 0 aliphatic carbocycles. The van der Waals surface area contributed by atoms with Gasteiger partial charge in [0.15, 0.2) is 7.28 Å². The molecule has 2 heterocycles. The van der Waals surface area contributed by atoms with Gasteiger partial charge in [0.25, 0.3) is 0 Å². The number of benzene rings is 2. The summed E-state index contributed by atoms with van der Waals surface area (Å²) in [5.74, 6) is 1.28. The van der Waals surface area contributed by atoms with Crippen LogP contribution in [0.2, 0.25) is 0 Å². The molecule has 1 atom stereocenters. The molecule has 0 amide bonds. The maximum atomic E-state index is 3.58. The van der Waals surface area contributed by atoms with E-state index in [9.17, 15) is 0 Å². The molecule has 99 valence electrons. The summed E-state index contributed by atoms with van der Waals surface area (Å²) in [5, 5.41) is 3.58. The molecule has 2 aromatic rings. The Morgan fingerprint density at radius 3 is 2.15 bits per heavy atom. The third-order valence-corrected chi connectivity index (χ3v) is 4.78. The van der Waals surface area contributed by atoms with Crippen molar-refractivity contribution in [2.24, 2.45) is 5.92 Å². The van der Waals surface area contributed by atoms with Crippen molar-refractivity contribution in [3.63, 3.8) is 0 Å². The average Bonchev–Trinajstić information content (AvgIpc) is 2.53. The van der Waals surface area contributed by atoms with Crippen molar-refractivity contribution in [1.82, 2.24) is 5.32 Å². The molecule has 0 spiro atoms. The fourth-order valence-corrected chi connectivity index (χ4v) is 3.86. The molecule has 2 aromatic carbocycles. The quantitative estimate of drug-likeness (QED) is 0.771. The maximum Gasteiger partial charge on any atom is 0.192 e. The molecule has 2 aliphatic heterocycles. The minimum atomic E-state index is 0.556. The second kappa shape index (κ2) is 5.10. The number of piperidine rings is 1.